The average Bonchev–Trinajstić information content (AvgIpc) is 3.52. The fraction of sp³-hybridized carbons (Fsp3) is 0.481. The van der Waals surface area contributed by atoms with Crippen LogP contribution in [-0.4, -0.2) is 48.3 Å². The van der Waals surface area contributed by atoms with Gasteiger partial charge in [-0.05, 0) is 59.7 Å². The molecule has 1 saturated heterocycles. The molecule has 0 saturated carbocycles. The van der Waals surface area contributed by atoms with Crippen LogP contribution in [0.3, 0.4) is 0 Å². The number of benzene rings is 1. The van der Waals surface area contributed by atoms with Crippen LogP contribution in [0.25, 0.3) is 0 Å². The molecule has 9 nitrogen and oxygen atoms in total. The normalized spacial score (nSPS) is 18.6. The first kappa shape index (κ1) is 29.6. The number of halogens is 1. The quantitative estimate of drug-likeness (QED) is 0.434. The topological polar surface area (TPSA) is 125 Å². The zero-order valence-corrected chi connectivity index (χ0v) is 23.6. The highest BCUT2D eigenvalue weighted by molar-refractivity contribution is 7.07. The van der Waals surface area contributed by atoms with Gasteiger partial charge < -0.3 is 26.2 Å². The zero-order chi connectivity index (χ0) is 26.7. The Kier molecular flexibility index (Phi) is 9.92. The van der Waals surface area contributed by atoms with Crippen LogP contribution in [0.4, 0.5) is 11.4 Å². The maximum atomic E-state index is 13.9. The molecule has 0 radical (unpaired) electrons. The molecule has 0 aliphatic carbocycles. The summed E-state index contributed by atoms with van der Waals surface area (Å²) in [6.45, 7) is 6.43. The van der Waals surface area contributed by atoms with Gasteiger partial charge in [-0.1, -0.05) is 26.0 Å². The van der Waals surface area contributed by atoms with E-state index in [-0.39, 0.29) is 30.1 Å². The van der Waals surface area contributed by atoms with Crippen molar-refractivity contribution in [2.24, 2.45) is 11.7 Å². The van der Waals surface area contributed by atoms with Crippen LogP contribution in [0, 0.1) is 5.92 Å². The van der Waals surface area contributed by atoms with Crippen molar-refractivity contribution >= 4 is 58.7 Å². The first-order valence-electron chi connectivity index (χ1n) is 12.8. The summed E-state index contributed by atoms with van der Waals surface area (Å²) < 4.78 is 0. The van der Waals surface area contributed by atoms with Crippen molar-refractivity contribution in [2.45, 2.75) is 71.1 Å². The van der Waals surface area contributed by atoms with Gasteiger partial charge in [0.15, 0.2) is 0 Å². The fourth-order valence-electron chi connectivity index (χ4n) is 4.89. The number of nitrogens with zero attached hydrogens (tertiary/aromatic N) is 2. The lowest BCUT2D eigenvalue weighted by atomic mass is 9.94. The summed E-state index contributed by atoms with van der Waals surface area (Å²) in [5, 5.41) is 9.57. The number of hydrogen-bond donors (Lipinski definition) is 3. The molecule has 2 aromatic rings. The van der Waals surface area contributed by atoms with Crippen LogP contribution in [0.5, 0.6) is 0 Å². The molecule has 2 unspecified atom stereocenters. The van der Waals surface area contributed by atoms with E-state index in [0.717, 1.165) is 28.9 Å². The highest BCUT2D eigenvalue weighted by Crippen LogP contribution is 2.40. The van der Waals surface area contributed by atoms with E-state index in [1.54, 1.807) is 28.1 Å². The Hall–Kier alpha value is -2.95. The van der Waals surface area contributed by atoms with Gasteiger partial charge in [0.05, 0.1) is 24.0 Å². The summed E-state index contributed by atoms with van der Waals surface area (Å²) in [5.41, 5.74) is 9.02. The lowest BCUT2D eigenvalue weighted by Gasteiger charge is -2.37. The standard InChI is InChI=1S/C27H35N5O4S.ClH/c1-16(2)12-20(29-25(34)17(3)28)26(35)30-21-13-19-6-4-7-22(31-10-5-8-23(31)33)24(19)32(27(21)36)14-18-9-11-37-15-18;/h4,6-7,9,11,15-17,20-21H,5,8,10,12-14,28H2,1-3H3,(H,29,34)(H,30,35);1H/t17?,20-,21?;/m1./s1. The van der Waals surface area contributed by atoms with Crippen LogP contribution >= 0.6 is 23.7 Å². The van der Waals surface area contributed by atoms with Crippen LogP contribution in [0.15, 0.2) is 35.0 Å². The third-order valence-corrected chi connectivity index (χ3v) is 7.44. The molecule has 0 spiro atoms. The van der Waals surface area contributed by atoms with Gasteiger partial charge in [0.2, 0.25) is 23.6 Å². The smallest absolute Gasteiger partial charge is 0.250 e. The Morgan fingerprint density at radius 3 is 2.53 bits per heavy atom. The van der Waals surface area contributed by atoms with Crippen LogP contribution < -0.4 is 26.2 Å². The van der Waals surface area contributed by atoms with Crippen molar-refractivity contribution in [1.82, 2.24) is 10.6 Å². The van der Waals surface area contributed by atoms with Gasteiger partial charge in [-0.15, -0.1) is 12.4 Å². The molecule has 2 aliphatic rings. The Morgan fingerprint density at radius 2 is 1.92 bits per heavy atom. The monoisotopic (exact) mass is 561 g/mol. The maximum absolute atomic E-state index is 13.9. The van der Waals surface area contributed by atoms with Crippen molar-refractivity contribution in [1.29, 1.82) is 0 Å². The lowest BCUT2D eigenvalue weighted by molar-refractivity contribution is -0.132. The van der Waals surface area contributed by atoms with E-state index in [9.17, 15) is 19.2 Å². The van der Waals surface area contributed by atoms with E-state index in [1.165, 1.54) is 0 Å². The average molecular weight is 562 g/mol. The Morgan fingerprint density at radius 1 is 1.16 bits per heavy atom. The molecule has 1 aromatic carbocycles. The summed E-state index contributed by atoms with van der Waals surface area (Å²) in [5.74, 6) is -0.880. The van der Waals surface area contributed by atoms with Crippen molar-refractivity contribution in [2.75, 3.05) is 16.3 Å². The second kappa shape index (κ2) is 12.7. The molecule has 4 amide bonds. The van der Waals surface area contributed by atoms with Gasteiger partial charge in [0.25, 0.3) is 0 Å². The molecule has 3 atom stereocenters. The minimum absolute atomic E-state index is 0. The number of thiophene rings is 1. The number of rotatable bonds is 9. The second-order valence-electron chi connectivity index (χ2n) is 10.2. The molecule has 1 fully saturated rings. The summed E-state index contributed by atoms with van der Waals surface area (Å²) >= 11 is 1.55. The molecule has 3 heterocycles. The summed E-state index contributed by atoms with van der Waals surface area (Å²) in [7, 11) is 0. The van der Waals surface area contributed by atoms with E-state index in [0.29, 0.717) is 32.4 Å². The maximum Gasteiger partial charge on any atom is 0.250 e. The molecular weight excluding hydrogens is 526 g/mol. The molecule has 4 rings (SSSR count). The fourth-order valence-corrected chi connectivity index (χ4v) is 5.55. The molecule has 38 heavy (non-hydrogen) atoms. The number of nitrogens with two attached hydrogens (primary N) is 1. The van der Waals surface area contributed by atoms with E-state index in [4.69, 9.17) is 5.73 Å². The molecule has 1 aromatic heterocycles. The third-order valence-electron chi connectivity index (χ3n) is 6.71. The Balaban J connectivity index is 0.00000400. The van der Waals surface area contributed by atoms with E-state index in [2.05, 4.69) is 10.6 Å². The number of hydrogen-bond acceptors (Lipinski definition) is 6. The van der Waals surface area contributed by atoms with Gasteiger partial charge in [0.1, 0.15) is 12.1 Å². The van der Waals surface area contributed by atoms with Gasteiger partial charge >= 0.3 is 0 Å². The van der Waals surface area contributed by atoms with E-state index < -0.39 is 29.9 Å². The Bertz CT molecular complexity index is 1170. The number of anilines is 2. The molecule has 0 bridgehead atoms. The van der Waals surface area contributed by atoms with E-state index in [1.807, 2.05) is 48.9 Å². The lowest BCUT2D eigenvalue weighted by Crippen LogP contribution is -2.58. The highest BCUT2D eigenvalue weighted by Gasteiger charge is 2.38. The van der Waals surface area contributed by atoms with Crippen molar-refractivity contribution in [3.8, 4) is 0 Å². The van der Waals surface area contributed by atoms with Gasteiger partial charge in [0, 0.05) is 19.4 Å². The van der Waals surface area contributed by atoms with Crippen LogP contribution in [-0.2, 0) is 32.1 Å². The highest BCUT2D eigenvalue weighted by atomic mass is 35.5. The van der Waals surface area contributed by atoms with Crippen molar-refractivity contribution < 1.29 is 19.2 Å². The number of fused-ring (bicyclic) bond motifs is 1. The van der Waals surface area contributed by atoms with Crippen LogP contribution in [0.1, 0.15) is 51.2 Å². The number of nitrogens with one attached hydrogen (secondary N) is 2. The minimum atomic E-state index is -0.801. The van der Waals surface area contributed by atoms with Gasteiger partial charge in [-0.3, -0.25) is 19.2 Å². The van der Waals surface area contributed by atoms with Crippen LogP contribution in [0.2, 0.25) is 0 Å². The number of amides is 4. The second-order valence-corrected chi connectivity index (χ2v) is 11.0. The molecular formula is C27H36ClN5O4S. The van der Waals surface area contributed by atoms with E-state index >= 15 is 0 Å². The third kappa shape index (κ3) is 6.54. The first-order chi connectivity index (χ1) is 17.7. The largest absolute Gasteiger partial charge is 0.343 e. The molecule has 206 valence electrons. The molecule has 11 heteroatoms. The van der Waals surface area contributed by atoms with Crippen molar-refractivity contribution in [3.05, 3.63) is 46.2 Å². The summed E-state index contributed by atoms with van der Waals surface area (Å²) in [6.07, 6.45) is 1.99. The van der Waals surface area contributed by atoms with Gasteiger partial charge in [-0.2, -0.15) is 11.3 Å². The van der Waals surface area contributed by atoms with Crippen molar-refractivity contribution in [3.63, 3.8) is 0 Å². The SMILES string of the molecule is CC(C)C[C@@H](NC(=O)C(C)N)C(=O)NC1Cc2cccc(N3CCCC3=O)c2N(Cc2ccsc2)C1=O.Cl. The first-order valence-corrected chi connectivity index (χ1v) is 13.7. The van der Waals surface area contributed by atoms with Gasteiger partial charge in [-0.25, -0.2) is 0 Å². The zero-order valence-electron chi connectivity index (χ0n) is 21.9. The predicted octanol–water partition coefficient (Wildman–Crippen LogP) is 2.75. The Labute approximate surface area is 233 Å². The number of para-hydroxylation sites is 1. The molecule has 2 aliphatic heterocycles. The summed E-state index contributed by atoms with van der Waals surface area (Å²) in [6, 6.07) is 5.33. The predicted molar refractivity (Wildman–Crippen MR) is 151 cm³/mol. The number of carbonyl (C=O) groups is 4. The molecule has 4 N–H and O–H groups in total. The minimum Gasteiger partial charge on any atom is -0.343 e. The summed E-state index contributed by atoms with van der Waals surface area (Å²) in [4.78, 5) is 55.5. The number of carbonyl (C=O) groups excluding carboxylic acids is 4.